The quantitative estimate of drug-likeness (QED) is 0.214. The Bertz CT molecular complexity index is 1330. The zero-order valence-electron chi connectivity index (χ0n) is 18.0. The number of non-ortho nitro benzene ring substituents is 1. The van der Waals surface area contributed by atoms with Crippen LogP contribution in [0.1, 0.15) is 5.56 Å². The number of hydrazone groups is 1. The molecule has 3 aromatic rings. The molecule has 3 N–H and O–H groups in total. The Morgan fingerprint density at radius 2 is 1.86 bits per heavy atom. The van der Waals surface area contributed by atoms with Gasteiger partial charge in [0.1, 0.15) is 5.75 Å². The molecule has 1 aliphatic rings. The van der Waals surface area contributed by atoms with Gasteiger partial charge in [-0.15, -0.1) is 0 Å². The summed E-state index contributed by atoms with van der Waals surface area (Å²) in [7, 11) is 0. The Balaban J connectivity index is 1.41. The van der Waals surface area contributed by atoms with Gasteiger partial charge in [0.15, 0.2) is 11.7 Å². The third-order valence-electron chi connectivity index (χ3n) is 4.75. The molecule has 176 valence electrons. The smallest absolute Gasteiger partial charge is 0.339 e. The molecule has 0 aromatic heterocycles. The van der Waals surface area contributed by atoms with E-state index in [0.29, 0.717) is 22.7 Å². The summed E-state index contributed by atoms with van der Waals surface area (Å²) < 4.78 is 5.52. The van der Waals surface area contributed by atoms with Gasteiger partial charge < -0.3 is 15.4 Å². The number of amides is 3. The van der Waals surface area contributed by atoms with Crippen molar-refractivity contribution in [1.82, 2.24) is 5.43 Å². The first-order valence-electron chi connectivity index (χ1n) is 10.2. The minimum Gasteiger partial charge on any atom is -0.481 e. The number of para-hydroxylation sites is 1. The van der Waals surface area contributed by atoms with E-state index in [4.69, 9.17) is 17.0 Å². The highest BCUT2D eigenvalue weighted by atomic mass is 32.1. The summed E-state index contributed by atoms with van der Waals surface area (Å²) in [4.78, 5) is 36.3. The number of anilines is 3. The predicted molar refractivity (Wildman–Crippen MR) is 135 cm³/mol. The first-order valence-corrected chi connectivity index (χ1v) is 10.6. The lowest BCUT2D eigenvalue weighted by atomic mass is 10.2. The topological polar surface area (TPSA) is 138 Å². The summed E-state index contributed by atoms with van der Waals surface area (Å²) in [5.74, 6) is 0.0274. The van der Waals surface area contributed by atoms with Crippen LogP contribution in [0.2, 0.25) is 0 Å². The summed E-state index contributed by atoms with van der Waals surface area (Å²) in [6.07, 6.45) is 1.28. The highest BCUT2D eigenvalue weighted by molar-refractivity contribution is 7.80. The number of nitrogens with one attached hydrogen (secondary N) is 3. The summed E-state index contributed by atoms with van der Waals surface area (Å²) in [6, 6.07) is 19.1. The predicted octanol–water partition coefficient (Wildman–Crippen LogP) is 3.87. The Labute approximate surface area is 204 Å². The largest absolute Gasteiger partial charge is 0.481 e. The molecule has 0 bridgehead atoms. The van der Waals surface area contributed by atoms with Gasteiger partial charge in [-0.3, -0.25) is 19.8 Å². The van der Waals surface area contributed by atoms with Gasteiger partial charge in [-0.1, -0.05) is 30.3 Å². The number of ether oxygens (including phenoxy) is 1. The number of hydrogen-bond acceptors (Lipinski definition) is 7. The van der Waals surface area contributed by atoms with E-state index in [-0.39, 0.29) is 23.3 Å². The standard InChI is InChI=1S/C23H18N6O5S/c30-21-14-34-20-12-17(9-10-19(20)28(21)23(35)26-16-6-2-1-3-7-16)25-22(31)27-24-13-15-5-4-8-18(11-15)29(32)33/h1-13H,14H2,(H,26,35)(H2,25,27,31)/b24-13+. The van der Waals surface area contributed by atoms with E-state index in [9.17, 15) is 19.7 Å². The van der Waals surface area contributed by atoms with E-state index in [0.717, 1.165) is 5.69 Å². The van der Waals surface area contributed by atoms with Crippen molar-refractivity contribution < 1.29 is 19.2 Å². The highest BCUT2D eigenvalue weighted by Gasteiger charge is 2.29. The highest BCUT2D eigenvalue weighted by Crippen LogP contribution is 2.35. The molecule has 0 atom stereocenters. The lowest BCUT2D eigenvalue weighted by Gasteiger charge is -2.30. The van der Waals surface area contributed by atoms with Crippen molar-refractivity contribution in [3.63, 3.8) is 0 Å². The molecular weight excluding hydrogens is 472 g/mol. The Morgan fingerprint density at radius 1 is 1.06 bits per heavy atom. The van der Waals surface area contributed by atoms with Gasteiger partial charge in [-0.25, -0.2) is 10.2 Å². The van der Waals surface area contributed by atoms with Gasteiger partial charge in [0.05, 0.1) is 16.8 Å². The van der Waals surface area contributed by atoms with E-state index < -0.39 is 11.0 Å². The van der Waals surface area contributed by atoms with Crippen LogP contribution in [0.4, 0.5) is 27.5 Å². The number of carbonyl (C=O) groups is 2. The van der Waals surface area contributed by atoms with Gasteiger partial charge in [0, 0.05) is 35.1 Å². The van der Waals surface area contributed by atoms with E-state index >= 15 is 0 Å². The van der Waals surface area contributed by atoms with Crippen molar-refractivity contribution in [3.05, 3.63) is 88.5 Å². The number of urea groups is 1. The molecular formula is C23H18N6O5S. The first-order chi connectivity index (χ1) is 16.9. The lowest BCUT2D eigenvalue weighted by Crippen LogP contribution is -2.45. The minimum absolute atomic E-state index is 0.0848. The molecule has 0 fully saturated rings. The SMILES string of the molecule is O=C(N/N=C/c1cccc([N+](=O)[O-])c1)Nc1ccc2c(c1)OCC(=O)N2C(=S)Nc1ccccc1. The molecule has 3 aromatic carbocycles. The van der Waals surface area contributed by atoms with Crippen molar-refractivity contribution in [2.45, 2.75) is 0 Å². The molecule has 3 amide bonds. The van der Waals surface area contributed by atoms with Crippen LogP contribution in [0.15, 0.2) is 77.9 Å². The fourth-order valence-electron chi connectivity index (χ4n) is 3.20. The normalized spacial score (nSPS) is 12.5. The third-order valence-corrected chi connectivity index (χ3v) is 5.03. The number of nitrogens with zero attached hydrogens (tertiary/aromatic N) is 3. The maximum atomic E-state index is 12.5. The van der Waals surface area contributed by atoms with E-state index in [2.05, 4.69) is 21.2 Å². The van der Waals surface area contributed by atoms with Gasteiger partial charge >= 0.3 is 6.03 Å². The Morgan fingerprint density at radius 3 is 2.63 bits per heavy atom. The summed E-state index contributed by atoms with van der Waals surface area (Å²) >= 11 is 5.43. The molecule has 1 heterocycles. The number of hydrogen-bond donors (Lipinski definition) is 3. The summed E-state index contributed by atoms with van der Waals surface area (Å²) in [6.45, 7) is -0.216. The second-order valence-electron chi connectivity index (χ2n) is 7.17. The molecule has 0 aliphatic carbocycles. The van der Waals surface area contributed by atoms with Crippen molar-refractivity contribution in [1.29, 1.82) is 0 Å². The lowest BCUT2D eigenvalue weighted by molar-refractivity contribution is -0.384. The number of carbonyl (C=O) groups excluding carboxylic acids is 2. The number of nitro groups is 1. The third kappa shape index (κ3) is 5.75. The average molecular weight is 491 g/mol. The van der Waals surface area contributed by atoms with Gasteiger partial charge in [0.2, 0.25) is 0 Å². The van der Waals surface area contributed by atoms with Crippen LogP contribution in [-0.4, -0.2) is 34.8 Å². The molecule has 0 unspecified atom stereocenters. The van der Waals surface area contributed by atoms with Crippen molar-refractivity contribution in [2.75, 3.05) is 22.1 Å². The average Bonchev–Trinajstić information content (AvgIpc) is 2.84. The van der Waals surface area contributed by atoms with Crippen LogP contribution >= 0.6 is 12.2 Å². The molecule has 0 spiro atoms. The second kappa shape index (κ2) is 10.4. The molecule has 1 aliphatic heterocycles. The van der Waals surface area contributed by atoms with Gasteiger partial charge in [0.25, 0.3) is 11.6 Å². The zero-order valence-corrected chi connectivity index (χ0v) is 18.8. The van der Waals surface area contributed by atoms with Crippen LogP contribution in [0.5, 0.6) is 5.75 Å². The van der Waals surface area contributed by atoms with Crippen LogP contribution < -0.4 is 25.7 Å². The van der Waals surface area contributed by atoms with Crippen LogP contribution in [0.25, 0.3) is 0 Å². The Kier molecular flexibility index (Phi) is 6.93. The van der Waals surface area contributed by atoms with Crippen LogP contribution in [0.3, 0.4) is 0 Å². The molecule has 4 rings (SSSR count). The second-order valence-corrected chi connectivity index (χ2v) is 7.56. The van der Waals surface area contributed by atoms with Crippen LogP contribution in [0, 0.1) is 10.1 Å². The molecule has 35 heavy (non-hydrogen) atoms. The molecule has 12 heteroatoms. The maximum Gasteiger partial charge on any atom is 0.339 e. The molecule has 11 nitrogen and oxygen atoms in total. The molecule has 0 saturated carbocycles. The van der Waals surface area contributed by atoms with Gasteiger partial charge in [-0.05, 0) is 36.5 Å². The fourth-order valence-corrected chi connectivity index (χ4v) is 3.52. The summed E-state index contributed by atoms with van der Waals surface area (Å²) in [5.41, 5.74) is 4.21. The van der Waals surface area contributed by atoms with Gasteiger partial charge in [-0.2, -0.15) is 5.10 Å². The zero-order chi connectivity index (χ0) is 24.8. The van der Waals surface area contributed by atoms with E-state index in [1.54, 1.807) is 24.3 Å². The van der Waals surface area contributed by atoms with E-state index in [1.165, 1.54) is 29.3 Å². The first kappa shape index (κ1) is 23.3. The number of fused-ring (bicyclic) bond motifs is 1. The summed E-state index contributed by atoms with van der Waals surface area (Å²) in [5, 5.41) is 20.4. The van der Waals surface area contributed by atoms with Crippen LogP contribution in [-0.2, 0) is 4.79 Å². The van der Waals surface area contributed by atoms with Crippen molar-refractivity contribution >= 4 is 58.2 Å². The monoisotopic (exact) mass is 490 g/mol. The fraction of sp³-hybridized carbons (Fsp3) is 0.0435. The number of nitro benzene ring substituents is 1. The molecule has 0 radical (unpaired) electrons. The van der Waals surface area contributed by atoms with Crippen molar-refractivity contribution in [2.24, 2.45) is 5.10 Å². The molecule has 0 saturated heterocycles. The number of rotatable bonds is 5. The van der Waals surface area contributed by atoms with Crippen molar-refractivity contribution in [3.8, 4) is 5.75 Å². The minimum atomic E-state index is -0.642. The number of thiocarbonyl (C=S) groups is 1. The Hall–Kier alpha value is -4.84. The number of benzene rings is 3. The maximum absolute atomic E-state index is 12.5. The van der Waals surface area contributed by atoms with E-state index in [1.807, 2.05) is 30.3 Å².